The maximum atomic E-state index is 10.7. The highest BCUT2D eigenvalue weighted by Gasteiger charge is 2.21. The lowest BCUT2D eigenvalue weighted by Crippen LogP contribution is -2.31. The second kappa shape index (κ2) is 5.60. The summed E-state index contributed by atoms with van der Waals surface area (Å²) in [6, 6.07) is 0.493. The normalized spacial score (nSPS) is 18.4. The molecule has 0 spiro atoms. The van der Waals surface area contributed by atoms with Gasteiger partial charge in [-0.3, -0.25) is 0 Å². The van der Waals surface area contributed by atoms with Gasteiger partial charge in [0.25, 0.3) is 0 Å². The Labute approximate surface area is 105 Å². The summed E-state index contributed by atoms with van der Waals surface area (Å²) < 4.78 is 0. The van der Waals surface area contributed by atoms with Gasteiger partial charge >= 0.3 is 5.97 Å². The Balaban J connectivity index is 1.82. The third-order valence-corrected chi connectivity index (χ3v) is 4.33. The largest absolute Gasteiger partial charge is 0.476 e. The SMILES string of the molecule is CC(NCc1csc(C(=O)O)n1)C1CCCC1. The van der Waals surface area contributed by atoms with Crippen molar-refractivity contribution >= 4 is 17.3 Å². The second-order valence-corrected chi connectivity index (χ2v) is 5.52. The van der Waals surface area contributed by atoms with Crippen LogP contribution in [0.25, 0.3) is 0 Å². The predicted molar refractivity (Wildman–Crippen MR) is 67.3 cm³/mol. The summed E-state index contributed by atoms with van der Waals surface area (Å²) in [6.45, 7) is 2.88. The highest BCUT2D eigenvalue weighted by Crippen LogP contribution is 2.27. The lowest BCUT2D eigenvalue weighted by Gasteiger charge is -2.19. The molecule has 0 amide bonds. The summed E-state index contributed by atoms with van der Waals surface area (Å²) in [5.74, 6) is -0.169. The van der Waals surface area contributed by atoms with E-state index in [1.807, 2.05) is 5.38 Å². The summed E-state index contributed by atoms with van der Waals surface area (Å²) in [5.41, 5.74) is 0.831. The van der Waals surface area contributed by atoms with Crippen molar-refractivity contribution in [2.75, 3.05) is 0 Å². The molecule has 0 aliphatic heterocycles. The lowest BCUT2D eigenvalue weighted by molar-refractivity contribution is 0.0696. The maximum absolute atomic E-state index is 10.7. The molecule has 4 nitrogen and oxygen atoms in total. The van der Waals surface area contributed by atoms with Crippen molar-refractivity contribution in [2.45, 2.75) is 45.2 Å². The molecule has 1 aliphatic carbocycles. The molecule has 1 saturated carbocycles. The van der Waals surface area contributed by atoms with Crippen molar-refractivity contribution in [3.63, 3.8) is 0 Å². The molecule has 0 bridgehead atoms. The molecular formula is C12H18N2O2S. The van der Waals surface area contributed by atoms with Gasteiger partial charge in [-0.1, -0.05) is 12.8 Å². The van der Waals surface area contributed by atoms with Crippen LogP contribution in [0.2, 0.25) is 0 Å². The number of nitrogens with zero attached hydrogens (tertiary/aromatic N) is 1. The first kappa shape index (κ1) is 12.5. The van der Waals surface area contributed by atoms with E-state index in [9.17, 15) is 4.79 Å². The summed E-state index contributed by atoms with van der Waals surface area (Å²) >= 11 is 1.19. The maximum Gasteiger partial charge on any atom is 0.365 e. The molecule has 1 fully saturated rings. The number of hydrogen-bond acceptors (Lipinski definition) is 4. The van der Waals surface area contributed by atoms with Crippen LogP contribution in [0.4, 0.5) is 0 Å². The van der Waals surface area contributed by atoms with Crippen LogP contribution in [0.1, 0.15) is 48.1 Å². The first-order chi connectivity index (χ1) is 8.16. The van der Waals surface area contributed by atoms with Gasteiger partial charge in [0.2, 0.25) is 5.01 Å². The van der Waals surface area contributed by atoms with E-state index in [1.165, 1.54) is 37.0 Å². The van der Waals surface area contributed by atoms with Crippen molar-refractivity contribution in [3.8, 4) is 0 Å². The Kier molecular flexibility index (Phi) is 4.12. The lowest BCUT2D eigenvalue weighted by atomic mass is 10.00. The van der Waals surface area contributed by atoms with Gasteiger partial charge < -0.3 is 10.4 Å². The first-order valence-electron chi connectivity index (χ1n) is 6.08. The van der Waals surface area contributed by atoms with Gasteiger partial charge in [-0.2, -0.15) is 0 Å². The van der Waals surface area contributed by atoms with Crippen LogP contribution in [-0.2, 0) is 6.54 Å². The summed E-state index contributed by atoms with van der Waals surface area (Å²) in [5, 5.41) is 14.2. The molecule has 1 atom stereocenters. The molecule has 0 radical (unpaired) electrons. The molecule has 0 saturated heterocycles. The standard InChI is InChI=1S/C12H18N2O2S/c1-8(9-4-2-3-5-9)13-6-10-7-17-11(14-10)12(15)16/h7-9,13H,2-6H2,1H3,(H,15,16). The third kappa shape index (κ3) is 3.26. The number of carboxylic acids is 1. The minimum Gasteiger partial charge on any atom is -0.476 e. The molecule has 1 aromatic heterocycles. The van der Waals surface area contributed by atoms with E-state index in [1.54, 1.807) is 0 Å². The number of carbonyl (C=O) groups is 1. The molecule has 1 heterocycles. The second-order valence-electron chi connectivity index (χ2n) is 4.66. The number of thiazole rings is 1. The number of aromatic carboxylic acids is 1. The van der Waals surface area contributed by atoms with E-state index < -0.39 is 5.97 Å². The Morgan fingerprint density at radius 3 is 2.94 bits per heavy atom. The molecule has 2 N–H and O–H groups in total. The Hall–Kier alpha value is -0.940. The fourth-order valence-electron chi connectivity index (χ4n) is 2.38. The van der Waals surface area contributed by atoms with Crippen LogP contribution in [0, 0.1) is 5.92 Å². The average molecular weight is 254 g/mol. The number of aromatic nitrogens is 1. The molecule has 1 unspecified atom stereocenters. The van der Waals surface area contributed by atoms with Crippen LogP contribution in [0.5, 0.6) is 0 Å². The monoisotopic (exact) mass is 254 g/mol. The summed E-state index contributed by atoms with van der Waals surface area (Å²) in [4.78, 5) is 14.8. The van der Waals surface area contributed by atoms with E-state index in [4.69, 9.17) is 5.11 Å². The van der Waals surface area contributed by atoms with E-state index in [-0.39, 0.29) is 5.01 Å². The minimum absolute atomic E-state index is 0.176. The predicted octanol–water partition coefficient (Wildman–Crippen LogP) is 2.51. The van der Waals surface area contributed by atoms with Gasteiger partial charge in [0, 0.05) is 18.0 Å². The number of hydrogen-bond donors (Lipinski definition) is 2. The van der Waals surface area contributed by atoms with Crippen LogP contribution in [-0.4, -0.2) is 22.1 Å². The molecule has 94 valence electrons. The first-order valence-corrected chi connectivity index (χ1v) is 6.96. The topological polar surface area (TPSA) is 62.2 Å². The highest BCUT2D eigenvalue weighted by molar-refractivity contribution is 7.11. The Morgan fingerprint density at radius 2 is 2.35 bits per heavy atom. The number of carboxylic acid groups (broad SMARTS) is 1. The zero-order valence-electron chi connectivity index (χ0n) is 9.98. The number of nitrogens with one attached hydrogen (secondary N) is 1. The minimum atomic E-state index is -0.940. The molecular weight excluding hydrogens is 236 g/mol. The van der Waals surface area contributed by atoms with E-state index in [2.05, 4.69) is 17.2 Å². The molecule has 1 aromatic rings. The van der Waals surface area contributed by atoms with Crippen molar-refractivity contribution in [2.24, 2.45) is 5.92 Å². The van der Waals surface area contributed by atoms with Gasteiger partial charge in [-0.15, -0.1) is 11.3 Å². The summed E-state index contributed by atoms with van der Waals surface area (Å²) in [7, 11) is 0. The van der Waals surface area contributed by atoms with Crippen LogP contribution in [0.3, 0.4) is 0 Å². The van der Waals surface area contributed by atoms with Crippen LogP contribution >= 0.6 is 11.3 Å². The van der Waals surface area contributed by atoms with Crippen molar-refractivity contribution < 1.29 is 9.90 Å². The molecule has 2 rings (SSSR count). The van der Waals surface area contributed by atoms with Gasteiger partial charge in [0.05, 0.1) is 5.69 Å². The Morgan fingerprint density at radius 1 is 1.65 bits per heavy atom. The van der Waals surface area contributed by atoms with E-state index >= 15 is 0 Å². The van der Waals surface area contributed by atoms with E-state index in [0.29, 0.717) is 12.6 Å². The zero-order valence-corrected chi connectivity index (χ0v) is 10.8. The van der Waals surface area contributed by atoms with Crippen LogP contribution in [0.15, 0.2) is 5.38 Å². The highest BCUT2D eigenvalue weighted by atomic mass is 32.1. The molecule has 1 aliphatic rings. The Bertz CT molecular complexity index is 386. The molecule has 0 aromatic carbocycles. The van der Waals surface area contributed by atoms with Gasteiger partial charge in [0.15, 0.2) is 0 Å². The van der Waals surface area contributed by atoms with Gasteiger partial charge in [0.1, 0.15) is 0 Å². The van der Waals surface area contributed by atoms with E-state index in [0.717, 1.165) is 11.6 Å². The fourth-order valence-corrected chi connectivity index (χ4v) is 3.03. The van der Waals surface area contributed by atoms with Crippen LogP contribution < -0.4 is 5.32 Å². The fraction of sp³-hybridized carbons (Fsp3) is 0.667. The van der Waals surface area contributed by atoms with Crippen molar-refractivity contribution in [1.29, 1.82) is 0 Å². The third-order valence-electron chi connectivity index (χ3n) is 3.45. The van der Waals surface area contributed by atoms with Crippen molar-refractivity contribution in [1.82, 2.24) is 10.3 Å². The average Bonchev–Trinajstić information content (AvgIpc) is 2.97. The molecule has 17 heavy (non-hydrogen) atoms. The van der Waals surface area contributed by atoms with Gasteiger partial charge in [-0.05, 0) is 25.7 Å². The molecule has 5 heteroatoms. The van der Waals surface area contributed by atoms with Gasteiger partial charge in [-0.25, -0.2) is 9.78 Å². The summed E-state index contributed by atoms with van der Waals surface area (Å²) in [6.07, 6.45) is 5.31. The quantitative estimate of drug-likeness (QED) is 0.847. The zero-order chi connectivity index (χ0) is 12.3. The smallest absolute Gasteiger partial charge is 0.365 e. The number of rotatable bonds is 5. The van der Waals surface area contributed by atoms with Crippen molar-refractivity contribution in [3.05, 3.63) is 16.1 Å².